The summed E-state index contributed by atoms with van der Waals surface area (Å²) in [4.78, 5) is 44.2. The lowest BCUT2D eigenvalue weighted by Crippen LogP contribution is -2.32. The molecule has 3 unspecified atom stereocenters. The van der Waals surface area contributed by atoms with E-state index in [0.29, 0.717) is 31.9 Å². The standard InChI is InChI=1S/C28H20ClFN2O4S2/c1-14-3-2-4-15(11-14)13-36-20-10-5-16(29)12-19(20)21-22-24(37-25-23(21)38-28(35)31-25)27(34)32(26(22)33)18-8-6-17(30)7-9-18/h2-12,21-22,24H,13H2,1H3,(H,31,35). The van der Waals surface area contributed by atoms with E-state index in [0.717, 1.165) is 27.4 Å². The number of imide groups is 1. The van der Waals surface area contributed by atoms with E-state index in [1.807, 2.05) is 31.2 Å². The van der Waals surface area contributed by atoms with E-state index in [4.69, 9.17) is 16.3 Å². The van der Waals surface area contributed by atoms with Gasteiger partial charge < -0.3 is 9.72 Å². The molecule has 2 aliphatic heterocycles. The number of aromatic nitrogens is 1. The van der Waals surface area contributed by atoms with E-state index in [2.05, 4.69) is 4.98 Å². The molecule has 1 fully saturated rings. The number of hydrogen-bond acceptors (Lipinski definition) is 6. The second-order valence-electron chi connectivity index (χ2n) is 9.20. The molecule has 3 atom stereocenters. The van der Waals surface area contributed by atoms with Crippen LogP contribution < -0.4 is 14.5 Å². The summed E-state index contributed by atoms with van der Waals surface area (Å²) in [5.41, 5.74) is 3.00. The molecule has 4 aromatic rings. The van der Waals surface area contributed by atoms with Gasteiger partial charge in [-0.1, -0.05) is 64.5 Å². The van der Waals surface area contributed by atoms with E-state index >= 15 is 0 Å². The molecule has 0 spiro atoms. The van der Waals surface area contributed by atoms with Crippen LogP contribution in [0.2, 0.25) is 5.02 Å². The lowest BCUT2D eigenvalue weighted by atomic mass is 9.82. The lowest BCUT2D eigenvalue weighted by molar-refractivity contribution is -0.122. The molecular weight excluding hydrogens is 547 g/mol. The number of nitrogens with zero attached hydrogens (tertiary/aromatic N) is 1. The summed E-state index contributed by atoms with van der Waals surface area (Å²) < 4.78 is 19.8. The van der Waals surface area contributed by atoms with Crippen molar-refractivity contribution in [1.29, 1.82) is 0 Å². The lowest BCUT2D eigenvalue weighted by Gasteiger charge is -2.31. The molecule has 3 heterocycles. The number of ether oxygens (including phenoxy) is 1. The summed E-state index contributed by atoms with van der Waals surface area (Å²) >= 11 is 8.62. The van der Waals surface area contributed by atoms with Crippen molar-refractivity contribution < 1.29 is 18.7 Å². The maximum absolute atomic E-state index is 13.9. The molecule has 1 aromatic heterocycles. The fraction of sp³-hybridized carbons (Fsp3) is 0.179. The third-order valence-electron chi connectivity index (χ3n) is 6.69. The summed E-state index contributed by atoms with van der Waals surface area (Å²) in [6.07, 6.45) is 0. The van der Waals surface area contributed by atoms with Gasteiger partial charge in [-0.25, -0.2) is 9.29 Å². The average Bonchev–Trinajstić information content (AvgIpc) is 3.38. The highest BCUT2D eigenvalue weighted by atomic mass is 35.5. The number of thioether (sulfide) groups is 1. The molecule has 0 bridgehead atoms. The van der Waals surface area contributed by atoms with Gasteiger partial charge in [0.2, 0.25) is 11.8 Å². The first-order valence-corrected chi connectivity index (χ1v) is 13.9. The second kappa shape index (κ2) is 9.72. The van der Waals surface area contributed by atoms with Crippen molar-refractivity contribution >= 4 is 52.2 Å². The van der Waals surface area contributed by atoms with E-state index in [1.165, 1.54) is 36.0 Å². The molecule has 2 aliphatic rings. The first kappa shape index (κ1) is 24.9. The van der Waals surface area contributed by atoms with Gasteiger partial charge in [0.05, 0.1) is 16.6 Å². The van der Waals surface area contributed by atoms with Crippen LogP contribution in [0.4, 0.5) is 10.1 Å². The molecule has 1 saturated heterocycles. The number of H-pyrrole nitrogens is 1. The highest BCUT2D eigenvalue weighted by Crippen LogP contribution is 2.54. The monoisotopic (exact) mass is 566 g/mol. The minimum Gasteiger partial charge on any atom is -0.489 e. The van der Waals surface area contributed by atoms with Crippen LogP contribution in [0.15, 0.2) is 76.6 Å². The van der Waals surface area contributed by atoms with E-state index in [-0.39, 0.29) is 11.5 Å². The van der Waals surface area contributed by atoms with Crippen LogP contribution in [0.25, 0.3) is 0 Å². The molecule has 1 N–H and O–H groups in total. The number of halogens is 2. The van der Waals surface area contributed by atoms with Crippen molar-refractivity contribution in [3.63, 3.8) is 0 Å². The van der Waals surface area contributed by atoms with E-state index in [9.17, 15) is 18.8 Å². The minimum atomic E-state index is -0.809. The van der Waals surface area contributed by atoms with Crippen molar-refractivity contribution in [1.82, 2.24) is 4.98 Å². The second-order valence-corrected chi connectivity index (χ2v) is 11.8. The maximum atomic E-state index is 13.9. The van der Waals surface area contributed by atoms with Crippen molar-refractivity contribution in [2.45, 2.75) is 29.7 Å². The fourth-order valence-electron chi connectivity index (χ4n) is 5.05. The van der Waals surface area contributed by atoms with Crippen molar-refractivity contribution in [3.05, 3.63) is 109 Å². The molecule has 0 aliphatic carbocycles. The molecular formula is C28H20ClFN2O4S2. The maximum Gasteiger partial charge on any atom is 0.305 e. The fourth-order valence-corrected chi connectivity index (χ4v) is 7.74. The number of aryl methyl sites for hydroxylation is 1. The number of thiazole rings is 1. The number of anilines is 1. The Kier molecular flexibility index (Phi) is 6.37. The molecule has 38 heavy (non-hydrogen) atoms. The summed E-state index contributed by atoms with van der Waals surface area (Å²) in [7, 11) is 0. The number of benzene rings is 3. The predicted molar refractivity (Wildman–Crippen MR) is 146 cm³/mol. The Balaban J connectivity index is 1.45. The number of carbonyl (C=O) groups excluding carboxylic acids is 2. The number of fused-ring (bicyclic) bond motifs is 2. The molecule has 3 aromatic carbocycles. The van der Waals surface area contributed by atoms with Gasteiger partial charge in [0.25, 0.3) is 0 Å². The van der Waals surface area contributed by atoms with Gasteiger partial charge in [-0.2, -0.15) is 0 Å². The first-order chi connectivity index (χ1) is 18.3. The van der Waals surface area contributed by atoms with Crippen LogP contribution in [0.3, 0.4) is 0 Å². The van der Waals surface area contributed by atoms with Crippen molar-refractivity contribution in [2.75, 3.05) is 4.90 Å². The van der Waals surface area contributed by atoms with Crippen molar-refractivity contribution in [3.8, 4) is 5.75 Å². The Morgan fingerprint density at radius 2 is 1.82 bits per heavy atom. The number of nitrogens with one attached hydrogen (secondary N) is 1. The Labute approximate surface area is 230 Å². The molecule has 0 radical (unpaired) electrons. The molecule has 0 saturated carbocycles. The number of hydrogen-bond donors (Lipinski definition) is 1. The number of aromatic amines is 1. The zero-order valence-electron chi connectivity index (χ0n) is 19.9. The van der Waals surface area contributed by atoms with E-state index < -0.39 is 34.7 Å². The van der Waals surface area contributed by atoms with Crippen LogP contribution >= 0.6 is 34.7 Å². The van der Waals surface area contributed by atoms with Gasteiger partial charge in [-0.15, -0.1) is 0 Å². The zero-order chi connectivity index (χ0) is 26.6. The van der Waals surface area contributed by atoms with Gasteiger partial charge in [0, 0.05) is 21.4 Å². The van der Waals surface area contributed by atoms with Gasteiger partial charge in [0.1, 0.15) is 23.4 Å². The smallest absolute Gasteiger partial charge is 0.305 e. The van der Waals surface area contributed by atoms with Gasteiger partial charge in [0.15, 0.2) is 0 Å². The number of carbonyl (C=O) groups is 2. The summed E-state index contributed by atoms with van der Waals surface area (Å²) in [5.74, 6) is -2.24. The topological polar surface area (TPSA) is 79.5 Å². The highest BCUT2D eigenvalue weighted by Gasteiger charge is 2.56. The third kappa shape index (κ3) is 4.34. The van der Waals surface area contributed by atoms with Crippen LogP contribution in [-0.4, -0.2) is 22.0 Å². The Bertz CT molecular complexity index is 1630. The number of amides is 2. The minimum absolute atomic E-state index is 0.271. The van der Waals surface area contributed by atoms with Crippen LogP contribution in [0, 0.1) is 18.7 Å². The van der Waals surface area contributed by atoms with Crippen molar-refractivity contribution in [2.24, 2.45) is 5.92 Å². The first-order valence-electron chi connectivity index (χ1n) is 11.8. The van der Waals surface area contributed by atoms with Crippen LogP contribution in [0.5, 0.6) is 5.75 Å². The quantitative estimate of drug-likeness (QED) is 0.304. The Morgan fingerprint density at radius 1 is 1.03 bits per heavy atom. The number of rotatable bonds is 5. The predicted octanol–water partition coefficient (Wildman–Crippen LogP) is 5.91. The molecule has 6 nitrogen and oxygen atoms in total. The van der Waals surface area contributed by atoms with E-state index in [1.54, 1.807) is 18.2 Å². The Hall–Kier alpha value is -3.40. The zero-order valence-corrected chi connectivity index (χ0v) is 22.3. The van der Waals surface area contributed by atoms with Crippen LogP contribution in [-0.2, 0) is 16.2 Å². The van der Waals surface area contributed by atoms with Gasteiger partial charge >= 0.3 is 4.87 Å². The molecule has 10 heteroatoms. The molecule has 192 valence electrons. The Morgan fingerprint density at radius 3 is 2.58 bits per heavy atom. The molecule has 2 amide bonds. The SMILES string of the molecule is Cc1cccc(COc2ccc(Cl)cc2C2c3sc(=O)[nH]c3SC3C(=O)N(c4ccc(F)cc4)C(=O)C32)c1. The summed E-state index contributed by atoms with van der Waals surface area (Å²) in [6, 6.07) is 18.4. The summed E-state index contributed by atoms with van der Waals surface area (Å²) in [5, 5.41) is 0.214. The third-order valence-corrected chi connectivity index (χ3v) is 9.33. The average molecular weight is 567 g/mol. The highest BCUT2D eigenvalue weighted by molar-refractivity contribution is 8.00. The normalized spacial score (nSPS) is 20.4. The largest absolute Gasteiger partial charge is 0.489 e. The van der Waals surface area contributed by atoms with Gasteiger partial charge in [-0.05, 0) is 55.0 Å². The van der Waals surface area contributed by atoms with Gasteiger partial charge in [-0.3, -0.25) is 14.4 Å². The van der Waals surface area contributed by atoms with Crippen LogP contribution in [0.1, 0.15) is 27.5 Å². The summed E-state index contributed by atoms with van der Waals surface area (Å²) in [6.45, 7) is 2.29. The molecule has 6 rings (SSSR count).